The van der Waals surface area contributed by atoms with Crippen LogP contribution in [0.3, 0.4) is 0 Å². The molecule has 180 valence electrons. The molecule has 2 fully saturated rings. The molecule has 8 heteroatoms. The van der Waals surface area contributed by atoms with Gasteiger partial charge in [-0.25, -0.2) is 0 Å². The van der Waals surface area contributed by atoms with Crippen molar-refractivity contribution < 1.29 is 4.79 Å². The number of likely N-dealkylation sites (tertiary alicyclic amines) is 1. The van der Waals surface area contributed by atoms with Crippen LogP contribution in [-0.4, -0.2) is 97.4 Å². The molecule has 2 heterocycles. The summed E-state index contributed by atoms with van der Waals surface area (Å²) >= 11 is 0. The first-order chi connectivity index (χ1) is 15.0. The van der Waals surface area contributed by atoms with E-state index < -0.39 is 0 Å². The van der Waals surface area contributed by atoms with Crippen molar-refractivity contribution in [3.8, 4) is 0 Å². The first-order valence-corrected chi connectivity index (χ1v) is 11.8. The van der Waals surface area contributed by atoms with Crippen molar-refractivity contribution in [3.05, 3.63) is 35.4 Å². The highest BCUT2D eigenvalue weighted by molar-refractivity contribution is 14.0. The number of amides is 1. The van der Waals surface area contributed by atoms with Gasteiger partial charge in [0.25, 0.3) is 0 Å². The Bertz CT molecular complexity index is 744. The standard InChI is InChI=1S/C24H40N6O.HI/c1-5-27(4)19-22-10-8-9-21(17-22)18-26-24(25-3)30-15-13-28(14-16-30)20(2)23(31)29-11-6-7-12-29;/h8-10,17,20H,5-7,11-16,18-19H2,1-4H3,(H,25,26);1H. The monoisotopic (exact) mass is 556 g/mol. The highest BCUT2D eigenvalue weighted by atomic mass is 127. The second-order valence-electron chi connectivity index (χ2n) is 8.78. The van der Waals surface area contributed by atoms with Crippen molar-refractivity contribution in [2.45, 2.75) is 45.8 Å². The second kappa shape index (κ2) is 13.3. The maximum Gasteiger partial charge on any atom is 0.239 e. The zero-order valence-corrected chi connectivity index (χ0v) is 22.5. The molecule has 1 aromatic carbocycles. The van der Waals surface area contributed by atoms with E-state index in [0.29, 0.717) is 5.91 Å². The molecule has 1 aromatic rings. The Kier molecular flexibility index (Phi) is 11.2. The fraction of sp³-hybridized carbons (Fsp3) is 0.667. The molecule has 2 saturated heterocycles. The Morgan fingerprint density at radius 1 is 1.09 bits per heavy atom. The molecule has 2 aliphatic heterocycles. The molecule has 3 rings (SSSR count). The van der Waals surface area contributed by atoms with E-state index in [-0.39, 0.29) is 30.0 Å². The number of hydrogen-bond acceptors (Lipinski definition) is 4. The van der Waals surface area contributed by atoms with Crippen LogP contribution in [0.1, 0.15) is 37.8 Å². The van der Waals surface area contributed by atoms with Crippen LogP contribution in [0.2, 0.25) is 0 Å². The molecule has 0 aromatic heterocycles. The number of halogens is 1. The van der Waals surface area contributed by atoms with Gasteiger partial charge in [-0.1, -0.05) is 31.2 Å². The van der Waals surface area contributed by atoms with Crippen LogP contribution in [-0.2, 0) is 17.9 Å². The van der Waals surface area contributed by atoms with Gasteiger partial charge < -0.3 is 20.0 Å². The van der Waals surface area contributed by atoms with E-state index in [0.717, 1.165) is 77.7 Å². The SMILES string of the molecule is CCN(C)Cc1cccc(CNC(=NC)N2CCN(C(C)C(=O)N3CCCC3)CC2)c1.I. The fourth-order valence-electron chi connectivity index (χ4n) is 4.45. The third kappa shape index (κ3) is 7.31. The normalized spacial score (nSPS) is 18.6. The number of hydrogen-bond donors (Lipinski definition) is 1. The van der Waals surface area contributed by atoms with Crippen LogP contribution in [0, 0.1) is 0 Å². The van der Waals surface area contributed by atoms with Crippen molar-refractivity contribution in [2.24, 2.45) is 4.99 Å². The number of carbonyl (C=O) groups is 1. The minimum absolute atomic E-state index is 0. The Morgan fingerprint density at radius 2 is 1.75 bits per heavy atom. The van der Waals surface area contributed by atoms with Crippen molar-refractivity contribution >= 4 is 35.8 Å². The molecule has 2 aliphatic rings. The first kappa shape index (κ1) is 26.9. The lowest BCUT2D eigenvalue weighted by Crippen LogP contribution is -2.57. The van der Waals surface area contributed by atoms with E-state index in [4.69, 9.17) is 0 Å². The van der Waals surface area contributed by atoms with Gasteiger partial charge in [0, 0.05) is 59.4 Å². The highest BCUT2D eigenvalue weighted by Gasteiger charge is 2.30. The number of nitrogens with one attached hydrogen (secondary N) is 1. The van der Waals surface area contributed by atoms with E-state index in [1.165, 1.54) is 11.1 Å². The minimum atomic E-state index is -0.0285. The molecule has 0 spiro atoms. The number of piperazine rings is 1. The van der Waals surface area contributed by atoms with Gasteiger partial charge in [-0.3, -0.25) is 14.7 Å². The molecule has 1 amide bonds. The van der Waals surface area contributed by atoms with Crippen LogP contribution in [0.4, 0.5) is 0 Å². The van der Waals surface area contributed by atoms with E-state index in [1.54, 1.807) is 0 Å². The average molecular weight is 557 g/mol. The Balaban J connectivity index is 0.00000363. The Labute approximate surface area is 211 Å². The fourth-order valence-corrected chi connectivity index (χ4v) is 4.45. The Hall–Kier alpha value is -1.39. The second-order valence-corrected chi connectivity index (χ2v) is 8.78. The van der Waals surface area contributed by atoms with Gasteiger partial charge in [-0.2, -0.15) is 0 Å². The van der Waals surface area contributed by atoms with Crippen LogP contribution >= 0.6 is 24.0 Å². The lowest BCUT2D eigenvalue weighted by Gasteiger charge is -2.39. The third-order valence-corrected chi connectivity index (χ3v) is 6.58. The molecule has 0 aliphatic carbocycles. The quantitative estimate of drug-likeness (QED) is 0.318. The maximum absolute atomic E-state index is 12.7. The van der Waals surface area contributed by atoms with E-state index >= 15 is 0 Å². The zero-order valence-electron chi connectivity index (χ0n) is 20.2. The van der Waals surface area contributed by atoms with Crippen molar-refractivity contribution in [1.82, 2.24) is 24.9 Å². The van der Waals surface area contributed by atoms with Gasteiger partial charge in [0.15, 0.2) is 5.96 Å². The molecule has 0 bridgehead atoms. The lowest BCUT2D eigenvalue weighted by atomic mass is 10.1. The third-order valence-electron chi connectivity index (χ3n) is 6.58. The molecule has 32 heavy (non-hydrogen) atoms. The summed E-state index contributed by atoms with van der Waals surface area (Å²) < 4.78 is 0. The highest BCUT2D eigenvalue weighted by Crippen LogP contribution is 2.14. The average Bonchev–Trinajstić information content (AvgIpc) is 3.34. The Morgan fingerprint density at radius 3 is 2.38 bits per heavy atom. The lowest BCUT2D eigenvalue weighted by molar-refractivity contribution is -0.135. The molecule has 0 radical (unpaired) electrons. The predicted octanol–water partition coefficient (Wildman–Crippen LogP) is 2.46. The summed E-state index contributed by atoms with van der Waals surface area (Å²) in [6.07, 6.45) is 2.29. The predicted molar refractivity (Wildman–Crippen MR) is 142 cm³/mol. The van der Waals surface area contributed by atoms with Crippen molar-refractivity contribution in [2.75, 3.05) is 59.9 Å². The smallest absolute Gasteiger partial charge is 0.239 e. The minimum Gasteiger partial charge on any atom is -0.352 e. The van der Waals surface area contributed by atoms with Crippen LogP contribution < -0.4 is 5.32 Å². The summed E-state index contributed by atoms with van der Waals surface area (Å²) in [6, 6.07) is 8.74. The summed E-state index contributed by atoms with van der Waals surface area (Å²) in [6.45, 7) is 12.4. The van der Waals surface area contributed by atoms with Gasteiger partial charge >= 0.3 is 0 Å². The first-order valence-electron chi connectivity index (χ1n) is 11.8. The number of guanidine groups is 1. The van der Waals surface area contributed by atoms with Crippen LogP contribution in [0.15, 0.2) is 29.3 Å². The topological polar surface area (TPSA) is 54.4 Å². The van der Waals surface area contributed by atoms with Crippen LogP contribution in [0.25, 0.3) is 0 Å². The number of aliphatic imine (C=N–C) groups is 1. The molecule has 1 unspecified atom stereocenters. The zero-order chi connectivity index (χ0) is 22.2. The number of rotatable bonds is 7. The van der Waals surface area contributed by atoms with Gasteiger partial charge in [0.05, 0.1) is 6.04 Å². The number of nitrogens with zero attached hydrogens (tertiary/aromatic N) is 5. The van der Waals surface area contributed by atoms with Gasteiger partial charge in [-0.15, -0.1) is 24.0 Å². The van der Waals surface area contributed by atoms with Crippen molar-refractivity contribution in [1.29, 1.82) is 0 Å². The molecular formula is C24H41IN6O. The van der Waals surface area contributed by atoms with E-state index in [2.05, 4.69) is 70.2 Å². The molecule has 7 nitrogen and oxygen atoms in total. The maximum atomic E-state index is 12.7. The molecule has 0 saturated carbocycles. The van der Waals surface area contributed by atoms with Crippen molar-refractivity contribution in [3.63, 3.8) is 0 Å². The van der Waals surface area contributed by atoms with Gasteiger partial charge in [-0.05, 0) is 44.5 Å². The molecule has 1 atom stereocenters. The van der Waals surface area contributed by atoms with E-state index in [9.17, 15) is 4.79 Å². The summed E-state index contributed by atoms with van der Waals surface area (Å²) in [5.41, 5.74) is 2.61. The van der Waals surface area contributed by atoms with Gasteiger partial charge in [0.2, 0.25) is 5.91 Å². The summed E-state index contributed by atoms with van der Waals surface area (Å²) in [4.78, 5) is 26.2. The summed E-state index contributed by atoms with van der Waals surface area (Å²) in [5, 5.41) is 3.53. The number of benzene rings is 1. The molecule has 1 N–H and O–H groups in total. The van der Waals surface area contributed by atoms with E-state index in [1.807, 2.05) is 11.9 Å². The summed E-state index contributed by atoms with van der Waals surface area (Å²) in [7, 11) is 3.99. The summed E-state index contributed by atoms with van der Waals surface area (Å²) in [5.74, 6) is 1.23. The van der Waals surface area contributed by atoms with Gasteiger partial charge in [0.1, 0.15) is 0 Å². The number of carbonyl (C=O) groups excluding carboxylic acids is 1. The van der Waals surface area contributed by atoms with Crippen LogP contribution in [0.5, 0.6) is 0 Å². The largest absolute Gasteiger partial charge is 0.352 e. The molecular weight excluding hydrogens is 515 g/mol.